The van der Waals surface area contributed by atoms with Crippen molar-refractivity contribution in [1.29, 1.82) is 0 Å². The molecule has 0 aromatic heterocycles. The lowest BCUT2D eigenvalue weighted by atomic mass is 10.1. The standard InChI is InChI=1S/C12H10F2N2O4/c1-6-11(18)16(5-10(17)15-6)7-2-3-8-9(4-7)20-12(13,14)19-8/h2-4,6H,5H2,1H3,(H,15,17). The first-order valence-electron chi connectivity index (χ1n) is 5.86. The molecule has 2 amide bonds. The summed E-state index contributed by atoms with van der Waals surface area (Å²) in [5.41, 5.74) is 0.303. The number of alkyl halides is 2. The molecular weight excluding hydrogens is 274 g/mol. The number of carbonyl (C=O) groups is 2. The molecule has 2 heterocycles. The number of fused-ring (bicyclic) bond motifs is 1. The van der Waals surface area contributed by atoms with Gasteiger partial charge in [-0.2, -0.15) is 0 Å². The number of hydrogen-bond acceptors (Lipinski definition) is 4. The highest BCUT2D eigenvalue weighted by atomic mass is 19.3. The molecule has 1 unspecified atom stereocenters. The van der Waals surface area contributed by atoms with Crippen LogP contribution in [0.3, 0.4) is 0 Å². The van der Waals surface area contributed by atoms with Gasteiger partial charge < -0.3 is 19.7 Å². The van der Waals surface area contributed by atoms with E-state index >= 15 is 0 Å². The fraction of sp³-hybridized carbons (Fsp3) is 0.333. The lowest BCUT2D eigenvalue weighted by Crippen LogP contribution is -2.57. The third kappa shape index (κ3) is 2.02. The van der Waals surface area contributed by atoms with E-state index < -0.39 is 12.3 Å². The molecule has 3 rings (SSSR count). The van der Waals surface area contributed by atoms with Crippen LogP contribution in [0.25, 0.3) is 0 Å². The van der Waals surface area contributed by atoms with Gasteiger partial charge in [0.2, 0.25) is 11.8 Å². The van der Waals surface area contributed by atoms with Crippen LogP contribution in [-0.2, 0) is 9.59 Å². The monoisotopic (exact) mass is 284 g/mol. The van der Waals surface area contributed by atoms with Crippen molar-refractivity contribution >= 4 is 17.5 Å². The van der Waals surface area contributed by atoms with E-state index in [1.165, 1.54) is 23.1 Å². The third-order valence-electron chi connectivity index (χ3n) is 3.01. The number of amides is 2. The minimum absolute atomic E-state index is 0.110. The van der Waals surface area contributed by atoms with Gasteiger partial charge in [-0.15, -0.1) is 8.78 Å². The van der Waals surface area contributed by atoms with Crippen LogP contribution < -0.4 is 19.7 Å². The molecule has 2 aliphatic heterocycles. The number of anilines is 1. The molecule has 0 spiro atoms. The fourth-order valence-corrected chi connectivity index (χ4v) is 2.13. The van der Waals surface area contributed by atoms with Crippen LogP contribution in [0.2, 0.25) is 0 Å². The highest BCUT2D eigenvalue weighted by molar-refractivity contribution is 6.06. The number of nitrogens with zero attached hydrogens (tertiary/aromatic N) is 1. The third-order valence-corrected chi connectivity index (χ3v) is 3.01. The largest absolute Gasteiger partial charge is 0.586 e. The molecule has 1 aromatic rings. The Balaban J connectivity index is 1.92. The summed E-state index contributed by atoms with van der Waals surface area (Å²) < 4.78 is 34.4. The quantitative estimate of drug-likeness (QED) is 0.830. The molecule has 1 N–H and O–H groups in total. The maximum Gasteiger partial charge on any atom is 0.586 e. The van der Waals surface area contributed by atoms with Crippen molar-refractivity contribution in [3.63, 3.8) is 0 Å². The average Bonchev–Trinajstić information content (AvgIpc) is 2.66. The van der Waals surface area contributed by atoms with Gasteiger partial charge in [0, 0.05) is 11.8 Å². The summed E-state index contributed by atoms with van der Waals surface area (Å²) in [6.07, 6.45) is -3.71. The Bertz CT molecular complexity index is 605. The Morgan fingerprint density at radius 2 is 2.00 bits per heavy atom. The molecule has 1 saturated heterocycles. The summed E-state index contributed by atoms with van der Waals surface area (Å²) in [6, 6.07) is 3.28. The van der Waals surface area contributed by atoms with E-state index in [-0.39, 0.29) is 29.9 Å². The first-order valence-corrected chi connectivity index (χ1v) is 5.86. The van der Waals surface area contributed by atoms with Crippen LogP contribution in [0, 0.1) is 0 Å². The molecule has 20 heavy (non-hydrogen) atoms. The van der Waals surface area contributed by atoms with Gasteiger partial charge in [-0.3, -0.25) is 9.59 Å². The van der Waals surface area contributed by atoms with Gasteiger partial charge in [0.25, 0.3) is 0 Å². The number of nitrogens with one attached hydrogen (secondary N) is 1. The number of hydrogen-bond donors (Lipinski definition) is 1. The molecule has 2 aliphatic rings. The molecule has 6 nitrogen and oxygen atoms in total. The first kappa shape index (κ1) is 12.6. The summed E-state index contributed by atoms with van der Waals surface area (Å²) in [7, 11) is 0. The SMILES string of the molecule is CC1NC(=O)CN(c2ccc3c(c2)OC(F)(F)O3)C1=O. The van der Waals surface area contributed by atoms with E-state index in [2.05, 4.69) is 14.8 Å². The van der Waals surface area contributed by atoms with E-state index in [1.807, 2.05) is 0 Å². The highest BCUT2D eigenvalue weighted by Gasteiger charge is 2.44. The number of benzene rings is 1. The van der Waals surface area contributed by atoms with Gasteiger partial charge in [0.1, 0.15) is 12.6 Å². The minimum Gasteiger partial charge on any atom is -0.395 e. The van der Waals surface area contributed by atoms with Crippen LogP contribution >= 0.6 is 0 Å². The van der Waals surface area contributed by atoms with Crippen LogP contribution in [-0.4, -0.2) is 30.7 Å². The smallest absolute Gasteiger partial charge is 0.395 e. The van der Waals surface area contributed by atoms with Crippen LogP contribution in [0.4, 0.5) is 14.5 Å². The predicted molar refractivity (Wildman–Crippen MR) is 62.6 cm³/mol. The van der Waals surface area contributed by atoms with Crippen LogP contribution in [0.1, 0.15) is 6.92 Å². The van der Waals surface area contributed by atoms with Gasteiger partial charge in [0.05, 0.1) is 0 Å². The summed E-state index contributed by atoms with van der Waals surface area (Å²) in [6.45, 7) is 1.38. The number of carbonyl (C=O) groups excluding carboxylic acids is 2. The lowest BCUT2D eigenvalue weighted by molar-refractivity contribution is -0.286. The first-order chi connectivity index (χ1) is 9.35. The molecule has 0 radical (unpaired) electrons. The predicted octanol–water partition coefficient (Wildman–Crippen LogP) is 0.859. The van der Waals surface area contributed by atoms with Gasteiger partial charge >= 0.3 is 6.29 Å². The van der Waals surface area contributed by atoms with E-state index in [0.29, 0.717) is 5.69 Å². The van der Waals surface area contributed by atoms with Crippen molar-refractivity contribution < 1.29 is 27.8 Å². The van der Waals surface area contributed by atoms with Crippen molar-refractivity contribution in [2.45, 2.75) is 19.3 Å². The maximum absolute atomic E-state index is 12.9. The summed E-state index contributed by atoms with van der Waals surface area (Å²) in [5, 5.41) is 2.49. The number of rotatable bonds is 1. The number of piperazine rings is 1. The molecule has 0 aliphatic carbocycles. The maximum atomic E-state index is 12.9. The molecule has 1 aromatic carbocycles. The van der Waals surface area contributed by atoms with Crippen molar-refractivity contribution in [1.82, 2.24) is 5.32 Å². The normalized spacial score (nSPS) is 23.8. The number of ether oxygens (including phenoxy) is 2. The molecule has 1 fully saturated rings. The second kappa shape index (κ2) is 4.06. The van der Waals surface area contributed by atoms with Crippen molar-refractivity contribution in [2.75, 3.05) is 11.4 Å². The Kier molecular flexibility index (Phi) is 2.56. The van der Waals surface area contributed by atoms with E-state index in [9.17, 15) is 18.4 Å². The van der Waals surface area contributed by atoms with Gasteiger partial charge in [-0.05, 0) is 19.1 Å². The molecule has 106 valence electrons. The zero-order valence-corrected chi connectivity index (χ0v) is 10.4. The van der Waals surface area contributed by atoms with Gasteiger partial charge in [0.15, 0.2) is 11.5 Å². The van der Waals surface area contributed by atoms with Crippen LogP contribution in [0.15, 0.2) is 18.2 Å². The molecule has 0 saturated carbocycles. The minimum atomic E-state index is -3.71. The van der Waals surface area contributed by atoms with E-state index in [4.69, 9.17) is 0 Å². The Labute approximate surface area is 112 Å². The van der Waals surface area contributed by atoms with Crippen LogP contribution in [0.5, 0.6) is 11.5 Å². The van der Waals surface area contributed by atoms with Crippen molar-refractivity contribution in [3.8, 4) is 11.5 Å². The summed E-state index contributed by atoms with van der Waals surface area (Å²) >= 11 is 0. The zero-order valence-electron chi connectivity index (χ0n) is 10.4. The molecule has 8 heteroatoms. The van der Waals surface area contributed by atoms with E-state index in [1.54, 1.807) is 6.92 Å². The van der Waals surface area contributed by atoms with Crippen molar-refractivity contribution in [2.24, 2.45) is 0 Å². The van der Waals surface area contributed by atoms with Gasteiger partial charge in [-0.25, -0.2) is 0 Å². The fourth-order valence-electron chi connectivity index (χ4n) is 2.13. The zero-order chi connectivity index (χ0) is 14.5. The summed E-state index contributed by atoms with van der Waals surface area (Å²) in [4.78, 5) is 24.7. The molecule has 0 bridgehead atoms. The Morgan fingerprint density at radius 3 is 2.75 bits per heavy atom. The average molecular weight is 284 g/mol. The second-order valence-corrected chi connectivity index (χ2v) is 4.51. The summed E-state index contributed by atoms with van der Waals surface area (Å²) in [5.74, 6) is -0.921. The molecule has 1 atom stereocenters. The molecular formula is C12H10F2N2O4. The Morgan fingerprint density at radius 1 is 1.30 bits per heavy atom. The van der Waals surface area contributed by atoms with Gasteiger partial charge in [-0.1, -0.05) is 0 Å². The Hall–Kier alpha value is -2.38. The van der Waals surface area contributed by atoms with E-state index in [0.717, 1.165) is 0 Å². The number of halogens is 2. The topological polar surface area (TPSA) is 67.9 Å². The van der Waals surface area contributed by atoms with Crippen molar-refractivity contribution in [3.05, 3.63) is 18.2 Å². The lowest BCUT2D eigenvalue weighted by Gasteiger charge is -2.30. The highest BCUT2D eigenvalue weighted by Crippen LogP contribution is 2.42. The second-order valence-electron chi connectivity index (χ2n) is 4.51.